The van der Waals surface area contributed by atoms with Crippen molar-refractivity contribution in [2.24, 2.45) is 5.92 Å². The molecule has 1 N–H and O–H groups in total. The maximum atomic E-state index is 4.47. The Labute approximate surface area is 113 Å². The molecule has 1 aromatic heterocycles. The maximum Gasteiger partial charge on any atom is 0.132 e. The van der Waals surface area contributed by atoms with Crippen LogP contribution in [-0.2, 0) is 12.8 Å². The molecule has 3 nitrogen and oxygen atoms in total. The number of thioether (sulfide) groups is 1. The van der Waals surface area contributed by atoms with Crippen LogP contribution in [0.1, 0.15) is 36.9 Å². The van der Waals surface area contributed by atoms with E-state index in [1.165, 1.54) is 48.4 Å². The van der Waals surface area contributed by atoms with Gasteiger partial charge in [-0.1, -0.05) is 6.42 Å². The molecule has 98 valence electrons. The Kier molecular flexibility index (Phi) is 4.03. The molecule has 1 atom stereocenters. The van der Waals surface area contributed by atoms with E-state index in [1.54, 1.807) is 6.33 Å². The third-order valence-electron chi connectivity index (χ3n) is 3.96. The lowest BCUT2D eigenvalue weighted by Gasteiger charge is -2.14. The van der Waals surface area contributed by atoms with Gasteiger partial charge in [0.1, 0.15) is 12.1 Å². The molecule has 0 radical (unpaired) electrons. The molecule has 0 bridgehead atoms. The highest BCUT2D eigenvalue weighted by atomic mass is 32.2. The van der Waals surface area contributed by atoms with Crippen LogP contribution in [0.4, 0.5) is 5.82 Å². The number of aryl methyl sites for hydroxylation is 1. The van der Waals surface area contributed by atoms with E-state index >= 15 is 0 Å². The Morgan fingerprint density at radius 3 is 3.06 bits per heavy atom. The predicted molar refractivity (Wildman–Crippen MR) is 77.2 cm³/mol. The van der Waals surface area contributed by atoms with Crippen molar-refractivity contribution in [1.29, 1.82) is 0 Å². The Hall–Kier alpha value is -0.770. The van der Waals surface area contributed by atoms with Crippen LogP contribution in [-0.4, -0.2) is 28.0 Å². The molecule has 18 heavy (non-hydrogen) atoms. The summed E-state index contributed by atoms with van der Waals surface area (Å²) in [6.45, 7) is 1.08. The fourth-order valence-electron chi connectivity index (χ4n) is 2.84. The van der Waals surface area contributed by atoms with Gasteiger partial charge in [0.15, 0.2) is 0 Å². The molecule has 0 saturated carbocycles. The number of anilines is 1. The van der Waals surface area contributed by atoms with Gasteiger partial charge in [-0.25, -0.2) is 9.97 Å². The number of aromatic nitrogens is 2. The van der Waals surface area contributed by atoms with Crippen molar-refractivity contribution in [3.63, 3.8) is 0 Å². The standard InChI is InChI=1S/C14H21N3S/c1-2-4-12-13(5-3-1)16-10-17-14(12)15-8-11-6-7-18-9-11/h10-11H,1-9H2,(H,15,16,17). The molecule has 3 rings (SSSR count). The lowest BCUT2D eigenvalue weighted by molar-refractivity contribution is 0.629. The molecule has 0 spiro atoms. The van der Waals surface area contributed by atoms with Gasteiger partial charge in [0.05, 0.1) is 0 Å². The molecule has 0 aromatic carbocycles. The van der Waals surface area contributed by atoms with Gasteiger partial charge < -0.3 is 5.32 Å². The quantitative estimate of drug-likeness (QED) is 0.851. The summed E-state index contributed by atoms with van der Waals surface area (Å²) >= 11 is 2.08. The van der Waals surface area contributed by atoms with Gasteiger partial charge in [-0.15, -0.1) is 0 Å². The second-order valence-corrected chi connectivity index (χ2v) is 6.47. The van der Waals surface area contributed by atoms with Gasteiger partial charge in [-0.3, -0.25) is 0 Å². The molecule has 1 unspecified atom stereocenters. The first-order chi connectivity index (χ1) is 8.93. The number of fused-ring (bicyclic) bond motifs is 1. The van der Waals surface area contributed by atoms with E-state index < -0.39 is 0 Å². The van der Waals surface area contributed by atoms with E-state index in [-0.39, 0.29) is 0 Å². The van der Waals surface area contributed by atoms with Crippen molar-refractivity contribution in [1.82, 2.24) is 9.97 Å². The van der Waals surface area contributed by atoms with E-state index in [1.807, 2.05) is 0 Å². The summed E-state index contributed by atoms with van der Waals surface area (Å²) in [5, 5.41) is 3.58. The van der Waals surface area contributed by atoms with E-state index in [0.29, 0.717) is 0 Å². The van der Waals surface area contributed by atoms with E-state index in [0.717, 1.165) is 31.1 Å². The van der Waals surface area contributed by atoms with Gasteiger partial charge >= 0.3 is 0 Å². The molecule has 4 heteroatoms. The normalized spacial score (nSPS) is 23.4. The first kappa shape index (κ1) is 12.3. The van der Waals surface area contributed by atoms with Crippen LogP contribution in [0.3, 0.4) is 0 Å². The van der Waals surface area contributed by atoms with Crippen molar-refractivity contribution in [3.8, 4) is 0 Å². The van der Waals surface area contributed by atoms with Crippen LogP contribution < -0.4 is 5.32 Å². The molecule has 1 aliphatic carbocycles. The van der Waals surface area contributed by atoms with Crippen LogP contribution in [0.15, 0.2) is 6.33 Å². The molecular formula is C14H21N3S. The fraction of sp³-hybridized carbons (Fsp3) is 0.714. The predicted octanol–water partition coefficient (Wildman–Crippen LogP) is 2.91. The third-order valence-corrected chi connectivity index (χ3v) is 5.19. The molecule has 1 fully saturated rings. The summed E-state index contributed by atoms with van der Waals surface area (Å²) in [7, 11) is 0. The van der Waals surface area contributed by atoms with Crippen molar-refractivity contribution in [2.75, 3.05) is 23.4 Å². The lowest BCUT2D eigenvalue weighted by atomic mass is 10.1. The number of nitrogens with one attached hydrogen (secondary N) is 1. The summed E-state index contributed by atoms with van der Waals surface area (Å²) in [6.07, 6.45) is 9.26. The minimum atomic E-state index is 0.825. The molecule has 0 amide bonds. The van der Waals surface area contributed by atoms with E-state index in [2.05, 4.69) is 27.0 Å². The zero-order valence-electron chi connectivity index (χ0n) is 10.8. The van der Waals surface area contributed by atoms with Crippen molar-refractivity contribution in [3.05, 3.63) is 17.6 Å². The molecular weight excluding hydrogens is 242 g/mol. The smallest absolute Gasteiger partial charge is 0.132 e. The Morgan fingerprint density at radius 1 is 1.22 bits per heavy atom. The average molecular weight is 263 g/mol. The Bertz CT molecular complexity index is 402. The molecule has 1 aliphatic heterocycles. The second kappa shape index (κ2) is 5.91. The van der Waals surface area contributed by atoms with Gasteiger partial charge in [-0.2, -0.15) is 11.8 Å². The van der Waals surface area contributed by atoms with Crippen molar-refractivity contribution in [2.45, 2.75) is 38.5 Å². The maximum absolute atomic E-state index is 4.47. The first-order valence-electron chi connectivity index (χ1n) is 7.08. The van der Waals surface area contributed by atoms with E-state index in [4.69, 9.17) is 0 Å². The lowest BCUT2D eigenvalue weighted by Crippen LogP contribution is -2.16. The molecule has 2 heterocycles. The van der Waals surface area contributed by atoms with Crippen LogP contribution in [0, 0.1) is 5.92 Å². The highest BCUT2D eigenvalue weighted by Gasteiger charge is 2.18. The van der Waals surface area contributed by atoms with Gasteiger partial charge in [0.25, 0.3) is 0 Å². The zero-order chi connectivity index (χ0) is 12.2. The first-order valence-corrected chi connectivity index (χ1v) is 8.23. The minimum Gasteiger partial charge on any atom is -0.369 e. The number of hydrogen-bond donors (Lipinski definition) is 1. The molecule has 1 aromatic rings. The van der Waals surface area contributed by atoms with Crippen molar-refractivity contribution >= 4 is 17.6 Å². The SMILES string of the molecule is c1nc2c(c(NCC3CCSC3)n1)CCCCC2. The summed E-state index contributed by atoms with van der Waals surface area (Å²) in [6, 6.07) is 0. The Balaban J connectivity index is 1.70. The highest BCUT2D eigenvalue weighted by Crippen LogP contribution is 2.26. The summed E-state index contributed by atoms with van der Waals surface area (Å²) in [4.78, 5) is 8.93. The number of nitrogens with zero attached hydrogens (tertiary/aromatic N) is 2. The van der Waals surface area contributed by atoms with Gasteiger partial charge in [0, 0.05) is 17.8 Å². The summed E-state index contributed by atoms with van der Waals surface area (Å²) in [5.74, 6) is 4.57. The van der Waals surface area contributed by atoms with Crippen molar-refractivity contribution < 1.29 is 0 Å². The zero-order valence-corrected chi connectivity index (χ0v) is 11.6. The Morgan fingerprint density at radius 2 is 2.17 bits per heavy atom. The number of rotatable bonds is 3. The van der Waals surface area contributed by atoms with Gasteiger partial charge in [-0.05, 0) is 49.5 Å². The third kappa shape index (κ3) is 2.79. The number of hydrogen-bond acceptors (Lipinski definition) is 4. The summed E-state index contributed by atoms with van der Waals surface area (Å²) < 4.78 is 0. The average Bonchev–Trinajstić information content (AvgIpc) is 2.79. The summed E-state index contributed by atoms with van der Waals surface area (Å²) in [5.41, 5.74) is 2.67. The monoisotopic (exact) mass is 263 g/mol. The largest absolute Gasteiger partial charge is 0.369 e. The highest BCUT2D eigenvalue weighted by molar-refractivity contribution is 7.99. The van der Waals surface area contributed by atoms with Crippen LogP contribution in [0.2, 0.25) is 0 Å². The topological polar surface area (TPSA) is 37.8 Å². The fourth-order valence-corrected chi connectivity index (χ4v) is 4.12. The van der Waals surface area contributed by atoms with E-state index in [9.17, 15) is 0 Å². The van der Waals surface area contributed by atoms with Crippen LogP contribution >= 0.6 is 11.8 Å². The molecule has 1 saturated heterocycles. The minimum absolute atomic E-state index is 0.825. The van der Waals surface area contributed by atoms with Gasteiger partial charge in [0.2, 0.25) is 0 Å². The van der Waals surface area contributed by atoms with Crippen LogP contribution in [0.25, 0.3) is 0 Å². The second-order valence-electron chi connectivity index (χ2n) is 5.32. The van der Waals surface area contributed by atoms with Crippen LogP contribution in [0.5, 0.6) is 0 Å². The molecule has 2 aliphatic rings.